The number of halogens is 1. The Labute approximate surface area is 170 Å². The fourth-order valence-electron chi connectivity index (χ4n) is 3.44. The van der Waals surface area contributed by atoms with Crippen LogP contribution in [0.3, 0.4) is 0 Å². The monoisotopic (exact) mass is 415 g/mol. The zero-order valence-corrected chi connectivity index (χ0v) is 16.4. The quantitative estimate of drug-likeness (QED) is 0.625. The molecule has 5 rings (SSSR count). The molecule has 4 heterocycles. The highest BCUT2D eigenvalue weighted by atomic mass is 35.5. The smallest absolute Gasteiger partial charge is 0.231 e. The summed E-state index contributed by atoms with van der Waals surface area (Å²) in [6.45, 7) is 0.238. The van der Waals surface area contributed by atoms with Gasteiger partial charge in [0, 0.05) is 22.8 Å². The average Bonchev–Trinajstić information content (AvgIpc) is 3.39. The van der Waals surface area contributed by atoms with Crippen LogP contribution in [-0.2, 0) is 0 Å². The summed E-state index contributed by atoms with van der Waals surface area (Å²) in [6, 6.07) is 15.6. The molecule has 1 fully saturated rings. The first-order chi connectivity index (χ1) is 13.2. The zero-order chi connectivity index (χ0) is 18.4. The molecule has 0 spiro atoms. The van der Waals surface area contributed by atoms with Gasteiger partial charge in [-0.3, -0.25) is 4.98 Å². The van der Waals surface area contributed by atoms with Gasteiger partial charge in [-0.2, -0.15) is 0 Å². The Kier molecular flexibility index (Phi) is 4.15. The molecule has 0 aliphatic carbocycles. The van der Waals surface area contributed by atoms with Gasteiger partial charge in [0.15, 0.2) is 16.6 Å². The van der Waals surface area contributed by atoms with Crippen LogP contribution in [0.25, 0.3) is 0 Å². The number of thiophene rings is 1. The van der Waals surface area contributed by atoms with Gasteiger partial charge in [0.2, 0.25) is 6.79 Å². The molecule has 27 heavy (non-hydrogen) atoms. The number of pyridine rings is 1. The van der Waals surface area contributed by atoms with Crippen LogP contribution in [-0.4, -0.2) is 16.9 Å². The summed E-state index contributed by atoms with van der Waals surface area (Å²) in [6.07, 6.45) is 1.79. The van der Waals surface area contributed by atoms with Gasteiger partial charge in [-0.15, -0.1) is 11.3 Å². The van der Waals surface area contributed by atoms with Crippen LogP contribution in [0.4, 0.5) is 5.69 Å². The van der Waals surface area contributed by atoms with Gasteiger partial charge in [0.1, 0.15) is 0 Å². The molecule has 5 nitrogen and oxygen atoms in total. The molecule has 0 saturated carbocycles. The summed E-state index contributed by atoms with van der Waals surface area (Å²) in [5.74, 6) is 1.47. The Balaban J connectivity index is 1.61. The third-order valence-electron chi connectivity index (χ3n) is 4.62. The van der Waals surface area contributed by atoms with Crippen molar-refractivity contribution in [3.05, 3.63) is 69.6 Å². The second kappa shape index (κ2) is 6.67. The summed E-state index contributed by atoms with van der Waals surface area (Å²) >= 11 is 13.5. The molecule has 0 bridgehead atoms. The lowest BCUT2D eigenvalue weighted by Gasteiger charge is -2.27. The van der Waals surface area contributed by atoms with E-state index < -0.39 is 0 Å². The number of fused-ring (bicyclic) bond motifs is 1. The first kappa shape index (κ1) is 16.8. The van der Waals surface area contributed by atoms with E-state index in [1.807, 2.05) is 48.5 Å². The van der Waals surface area contributed by atoms with E-state index >= 15 is 0 Å². The van der Waals surface area contributed by atoms with E-state index in [2.05, 4.69) is 15.2 Å². The first-order valence-electron chi connectivity index (χ1n) is 8.36. The van der Waals surface area contributed by atoms with Crippen molar-refractivity contribution in [1.29, 1.82) is 0 Å². The lowest BCUT2D eigenvalue weighted by molar-refractivity contribution is 0.174. The fourth-order valence-corrected chi connectivity index (χ4v) is 4.98. The summed E-state index contributed by atoms with van der Waals surface area (Å²) in [5, 5.41) is 4.07. The summed E-state index contributed by atoms with van der Waals surface area (Å²) in [5.41, 5.74) is 1.86. The number of aromatic nitrogens is 1. The fraction of sp³-hybridized carbons (Fsp3) is 0.158. The molecule has 2 aliphatic rings. The van der Waals surface area contributed by atoms with Crippen molar-refractivity contribution >= 4 is 46.0 Å². The van der Waals surface area contributed by atoms with Crippen LogP contribution < -0.4 is 19.7 Å². The third-order valence-corrected chi connectivity index (χ3v) is 6.23. The number of ether oxygens (including phenoxy) is 2. The lowest BCUT2D eigenvalue weighted by atomic mass is 10.0. The average molecular weight is 416 g/mol. The second-order valence-electron chi connectivity index (χ2n) is 6.18. The Morgan fingerprint density at radius 3 is 2.81 bits per heavy atom. The number of nitrogens with zero attached hydrogens (tertiary/aromatic N) is 2. The van der Waals surface area contributed by atoms with Crippen LogP contribution in [0.1, 0.15) is 22.7 Å². The van der Waals surface area contributed by atoms with Crippen molar-refractivity contribution in [2.24, 2.45) is 0 Å². The molecule has 3 aromatic rings. The topological polar surface area (TPSA) is 46.6 Å². The van der Waals surface area contributed by atoms with E-state index in [9.17, 15) is 0 Å². The van der Waals surface area contributed by atoms with Crippen LogP contribution in [0.5, 0.6) is 11.5 Å². The van der Waals surface area contributed by atoms with Crippen molar-refractivity contribution in [2.45, 2.75) is 12.1 Å². The number of rotatable bonds is 3. The van der Waals surface area contributed by atoms with Gasteiger partial charge in [0.05, 0.1) is 22.1 Å². The molecule has 2 unspecified atom stereocenters. The maximum atomic E-state index is 6.23. The van der Waals surface area contributed by atoms with Gasteiger partial charge in [-0.25, -0.2) is 0 Å². The Hall–Kier alpha value is -2.35. The summed E-state index contributed by atoms with van der Waals surface area (Å²) in [4.78, 5) is 7.75. The Morgan fingerprint density at radius 2 is 2.04 bits per heavy atom. The molecule has 8 heteroatoms. The van der Waals surface area contributed by atoms with Gasteiger partial charge in [0.25, 0.3) is 0 Å². The number of hydrogen-bond acceptors (Lipinski definition) is 5. The molecule has 1 aromatic carbocycles. The van der Waals surface area contributed by atoms with E-state index in [1.54, 1.807) is 17.5 Å². The second-order valence-corrected chi connectivity index (χ2v) is 8.31. The lowest BCUT2D eigenvalue weighted by Crippen LogP contribution is -2.29. The van der Waals surface area contributed by atoms with E-state index in [4.69, 9.17) is 33.3 Å². The normalized spacial score (nSPS) is 20.8. The van der Waals surface area contributed by atoms with E-state index in [0.29, 0.717) is 5.11 Å². The maximum absolute atomic E-state index is 6.23. The highest BCUT2D eigenvalue weighted by Crippen LogP contribution is 2.46. The summed E-state index contributed by atoms with van der Waals surface area (Å²) < 4.78 is 11.7. The predicted molar refractivity (Wildman–Crippen MR) is 110 cm³/mol. The predicted octanol–water partition coefficient (Wildman–Crippen LogP) is 4.70. The van der Waals surface area contributed by atoms with Gasteiger partial charge < -0.3 is 19.7 Å². The molecule has 2 aliphatic heterocycles. The number of thiocarbonyl (C=S) groups is 1. The van der Waals surface area contributed by atoms with Crippen molar-refractivity contribution < 1.29 is 9.47 Å². The van der Waals surface area contributed by atoms with Crippen molar-refractivity contribution in [1.82, 2.24) is 10.3 Å². The Morgan fingerprint density at radius 1 is 1.15 bits per heavy atom. The standard InChI is InChI=1S/C19H14ClN3O2S2/c20-16-7-6-15(27-16)18-17(12-3-1-2-8-21-12)22-19(26)23(18)11-4-5-13-14(9-11)25-10-24-13/h1-9,17-18H,10H2,(H,22,26). The SMILES string of the molecule is S=C1NC(c2ccccn2)C(c2ccc(Cl)s2)N1c1ccc2c(c1)OCO2. The molecule has 0 amide bonds. The molecule has 1 saturated heterocycles. The van der Waals surface area contributed by atoms with Gasteiger partial charge in [-0.05, 0) is 48.6 Å². The molecule has 2 atom stereocenters. The van der Waals surface area contributed by atoms with Crippen LogP contribution in [0.2, 0.25) is 4.34 Å². The zero-order valence-electron chi connectivity index (χ0n) is 14.0. The molecular weight excluding hydrogens is 402 g/mol. The molecule has 2 aromatic heterocycles. The highest BCUT2D eigenvalue weighted by molar-refractivity contribution is 7.80. The van der Waals surface area contributed by atoms with E-state index in [-0.39, 0.29) is 18.9 Å². The Bertz CT molecular complexity index is 1010. The molecular formula is C19H14ClN3O2S2. The maximum Gasteiger partial charge on any atom is 0.231 e. The van der Waals surface area contributed by atoms with Crippen molar-refractivity contribution in [3.8, 4) is 11.5 Å². The number of benzene rings is 1. The number of hydrogen-bond donors (Lipinski definition) is 1. The molecule has 0 radical (unpaired) electrons. The van der Waals surface area contributed by atoms with Gasteiger partial charge in [-0.1, -0.05) is 17.7 Å². The largest absolute Gasteiger partial charge is 0.454 e. The summed E-state index contributed by atoms with van der Waals surface area (Å²) in [7, 11) is 0. The minimum Gasteiger partial charge on any atom is -0.454 e. The molecule has 136 valence electrons. The van der Waals surface area contributed by atoms with Crippen LogP contribution in [0, 0.1) is 0 Å². The molecule has 1 N–H and O–H groups in total. The van der Waals surface area contributed by atoms with Gasteiger partial charge >= 0.3 is 0 Å². The van der Waals surface area contributed by atoms with E-state index in [0.717, 1.165) is 32.1 Å². The van der Waals surface area contributed by atoms with Crippen molar-refractivity contribution in [2.75, 3.05) is 11.7 Å². The van der Waals surface area contributed by atoms with Crippen molar-refractivity contribution in [3.63, 3.8) is 0 Å². The minimum atomic E-state index is -0.0844. The number of anilines is 1. The van der Waals surface area contributed by atoms with E-state index in [1.165, 1.54) is 0 Å². The van der Waals surface area contributed by atoms with Crippen LogP contribution >= 0.6 is 35.2 Å². The third kappa shape index (κ3) is 2.92. The highest BCUT2D eigenvalue weighted by Gasteiger charge is 2.41. The minimum absolute atomic E-state index is 0.0646. The first-order valence-corrected chi connectivity index (χ1v) is 9.96. The van der Waals surface area contributed by atoms with Crippen LogP contribution in [0.15, 0.2) is 54.7 Å². The number of nitrogens with one attached hydrogen (secondary N) is 1.